The Labute approximate surface area is 148 Å². The highest BCUT2D eigenvalue weighted by Crippen LogP contribution is 2.26. The minimum absolute atomic E-state index is 0.138. The van der Waals surface area contributed by atoms with Crippen molar-refractivity contribution in [1.29, 1.82) is 0 Å². The molecule has 0 heterocycles. The molecule has 0 unspecified atom stereocenters. The summed E-state index contributed by atoms with van der Waals surface area (Å²) in [5.41, 5.74) is 0.838. The van der Waals surface area contributed by atoms with Gasteiger partial charge in [-0.3, -0.25) is 4.79 Å². The first kappa shape index (κ1) is 18.6. The van der Waals surface area contributed by atoms with Crippen molar-refractivity contribution in [2.45, 2.75) is 43.9 Å². The van der Waals surface area contributed by atoms with Crippen LogP contribution in [-0.4, -0.2) is 24.2 Å². The van der Waals surface area contributed by atoms with E-state index in [2.05, 4.69) is 5.32 Å². The molecule has 1 aliphatic rings. The summed E-state index contributed by atoms with van der Waals surface area (Å²) < 4.78 is 4.83. The molecular formula is C19H25NO3S. The Kier molecular flexibility index (Phi) is 7.89. The molecule has 5 heteroatoms. The molecule has 0 saturated heterocycles. The van der Waals surface area contributed by atoms with Crippen molar-refractivity contribution >= 4 is 29.3 Å². The van der Waals surface area contributed by atoms with E-state index in [1.165, 1.54) is 12.5 Å². The number of carbonyl (C=O) groups is 2. The third kappa shape index (κ3) is 6.40. The fraction of sp³-hybridized carbons (Fsp3) is 0.474. The van der Waals surface area contributed by atoms with Crippen LogP contribution in [0.1, 0.15) is 39.0 Å². The Morgan fingerprint density at radius 2 is 2.08 bits per heavy atom. The number of thioether (sulfide) groups is 1. The number of amides is 1. The maximum atomic E-state index is 12.3. The zero-order valence-electron chi connectivity index (χ0n) is 14.1. The van der Waals surface area contributed by atoms with Gasteiger partial charge in [-0.25, -0.2) is 4.79 Å². The van der Waals surface area contributed by atoms with E-state index in [9.17, 15) is 9.59 Å². The van der Waals surface area contributed by atoms with Crippen LogP contribution < -0.4 is 5.32 Å². The molecule has 1 aromatic carbocycles. The number of rotatable bonds is 7. The highest BCUT2D eigenvalue weighted by Gasteiger charge is 2.20. The lowest BCUT2D eigenvalue weighted by Crippen LogP contribution is -2.24. The van der Waals surface area contributed by atoms with Crippen LogP contribution in [0.25, 0.3) is 0 Å². The highest BCUT2D eigenvalue weighted by atomic mass is 32.2. The quantitative estimate of drug-likeness (QED) is 0.451. The second-order valence-electron chi connectivity index (χ2n) is 5.82. The number of esters is 1. The van der Waals surface area contributed by atoms with Crippen molar-refractivity contribution < 1.29 is 14.3 Å². The topological polar surface area (TPSA) is 55.4 Å². The molecule has 0 bridgehead atoms. The predicted molar refractivity (Wildman–Crippen MR) is 98.1 cm³/mol. The van der Waals surface area contributed by atoms with Gasteiger partial charge in [0.05, 0.1) is 6.61 Å². The first-order valence-corrected chi connectivity index (χ1v) is 9.54. The Morgan fingerprint density at radius 1 is 1.29 bits per heavy atom. The molecule has 1 N–H and O–H groups in total. The van der Waals surface area contributed by atoms with Crippen LogP contribution in [0.2, 0.25) is 0 Å². The van der Waals surface area contributed by atoms with Gasteiger partial charge in [-0.05, 0) is 38.0 Å². The second kappa shape index (κ2) is 10.2. The van der Waals surface area contributed by atoms with E-state index < -0.39 is 0 Å². The summed E-state index contributed by atoms with van der Waals surface area (Å²) in [4.78, 5) is 24.6. The largest absolute Gasteiger partial charge is 0.463 e. The van der Waals surface area contributed by atoms with Gasteiger partial charge in [0.25, 0.3) is 0 Å². The SMILES string of the molecule is CCOC(=O)/C=C/CSc1cccc(NC(=O)C2CCCCC2)c1. The fourth-order valence-corrected chi connectivity index (χ4v) is 3.52. The molecule has 0 radical (unpaired) electrons. The summed E-state index contributed by atoms with van der Waals surface area (Å²) >= 11 is 1.61. The minimum Gasteiger partial charge on any atom is -0.463 e. The summed E-state index contributed by atoms with van der Waals surface area (Å²) in [5.74, 6) is 0.659. The zero-order chi connectivity index (χ0) is 17.2. The molecule has 1 saturated carbocycles. The normalized spacial score (nSPS) is 15.4. The molecular weight excluding hydrogens is 322 g/mol. The Hall–Kier alpha value is -1.75. The Morgan fingerprint density at radius 3 is 2.83 bits per heavy atom. The van der Waals surface area contributed by atoms with E-state index in [1.807, 2.05) is 24.3 Å². The van der Waals surface area contributed by atoms with Crippen molar-refractivity contribution in [3.05, 3.63) is 36.4 Å². The van der Waals surface area contributed by atoms with Gasteiger partial charge in [-0.2, -0.15) is 0 Å². The van der Waals surface area contributed by atoms with Gasteiger partial charge < -0.3 is 10.1 Å². The summed E-state index contributed by atoms with van der Waals surface area (Å²) in [5, 5.41) is 3.03. The number of carbonyl (C=O) groups excluding carboxylic acids is 2. The number of hydrogen-bond donors (Lipinski definition) is 1. The van der Waals surface area contributed by atoms with Crippen molar-refractivity contribution in [2.75, 3.05) is 17.7 Å². The van der Waals surface area contributed by atoms with Gasteiger partial charge >= 0.3 is 5.97 Å². The lowest BCUT2D eigenvalue weighted by atomic mass is 9.88. The van der Waals surface area contributed by atoms with Crippen molar-refractivity contribution in [2.24, 2.45) is 5.92 Å². The number of benzene rings is 1. The lowest BCUT2D eigenvalue weighted by Gasteiger charge is -2.20. The summed E-state index contributed by atoms with van der Waals surface area (Å²) in [7, 11) is 0. The van der Waals surface area contributed by atoms with Gasteiger partial charge in [0.1, 0.15) is 0 Å². The minimum atomic E-state index is -0.313. The third-order valence-corrected chi connectivity index (χ3v) is 4.91. The summed E-state index contributed by atoms with van der Waals surface area (Å²) in [6, 6.07) is 7.83. The van der Waals surface area contributed by atoms with Gasteiger partial charge in [-0.1, -0.05) is 31.4 Å². The molecule has 2 rings (SSSR count). The van der Waals surface area contributed by atoms with E-state index in [4.69, 9.17) is 4.74 Å². The van der Waals surface area contributed by atoms with Crippen LogP contribution in [0.3, 0.4) is 0 Å². The van der Waals surface area contributed by atoms with Crippen molar-refractivity contribution in [1.82, 2.24) is 0 Å². The second-order valence-corrected chi connectivity index (χ2v) is 6.91. The van der Waals surface area contributed by atoms with Crippen LogP contribution >= 0.6 is 11.8 Å². The molecule has 1 fully saturated rings. The maximum Gasteiger partial charge on any atom is 0.330 e. The molecule has 0 spiro atoms. The van der Waals surface area contributed by atoms with Crippen LogP contribution in [-0.2, 0) is 14.3 Å². The van der Waals surface area contributed by atoms with E-state index in [0.29, 0.717) is 12.4 Å². The van der Waals surface area contributed by atoms with Crippen LogP contribution in [0, 0.1) is 5.92 Å². The molecule has 1 amide bonds. The fourth-order valence-electron chi connectivity index (χ4n) is 2.75. The third-order valence-electron chi connectivity index (χ3n) is 3.96. The van der Waals surface area contributed by atoms with E-state index in [-0.39, 0.29) is 17.8 Å². The average molecular weight is 347 g/mol. The van der Waals surface area contributed by atoms with Gasteiger partial charge in [0.2, 0.25) is 5.91 Å². The zero-order valence-corrected chi connectivity index (χ0v) is 14.9. The van der Waals surface area contributed by atoms with Crippen molar-refractivity contribution in [3.8, 4) is 0 Å². The molecule has 130 valence electrons. The number of nitrogens with one attached hydrogen (secondary N) is 1. The summed E-state index contributed by atoms with van der Waals surface area (Å²) in [6.07, 6.45) is 8.79. The van der Waals surface area contributed by atoms with E-state index in [0.717, 1.165) is 36.3 Å². The average Bonchev–Trinajstić information content (AvgIpc) is 2.60. The van der Waals surface area contributed by atoms with Gasteiger partial charge in [-0.15, -0.1) is 11.8 Å². The highest BCUT2D eigenvalue weighted by molar-refractivity contribution is 7.99. The Balaban J connectivity index is 1.82. The molecule has 0 aromatic heterocycles. The maximum absolute atomic E-state index is 12.3. The first-order chi connectivity index (χ1) is 11.7. The predicted octanol–water partition coefficient (Wildman–Crippen LogP) is 4.42. The van der Waals surface area contributed by atoms with Crippen LogP contribution in [0.5, 0.6) is 0 Å². The molecule has 0 atom stereocenters. The molecule has 1 aliphatic carbocycles. The Bertz CT molecular complexity index is 580. The molecule has 24 heavy (non-hydrogen) atoms. The molecule has 0 aliphatic heterocycles. The monoisotopic (exact) mass is 347 g/mol. The van der Waals surface area contributed by atoms with Gasteiger partial charge in [0.15, 0.2) is 0 Å². The number of anilines is 1. The number of hydrogen-bond acceptors (Lipinski definition) is 4. The first-order valence-electron chi connectivity index (χ1n) is 8.56. The standard InChI is InChI=1S/C19H25NO3S/c1-2-23-18(21)12-7-13-24-17-11-6-10-16(14-17)20-19(22)15-8-4-3-5-9-15/h6-7,10-12,14-15H,2-5,8-9,13H2,1H3,(H,20,22)/b12-7+. The summed E-state index contributed by atoms with van der Waals surface area (Å²) in [6.45, 7) is 2.17. The number of ether oxygens (including phenoxy) is 1. The lowest BCUT2D eigenvalue weighted by molar-refractivity contribution is -0.137. The van der Waals surface area contributed by atoms with Crippen molar-refractivity contribution in [3.63, 3.8) is 0 Å². The van der Waals surface area contributed by atoms with E-state index in [1.54, 1.807) is 24.8 Å². The molecule has 1 aromatic rings. The van der Waals surface area contributed by atoms with Gasteiger partial charge in [0, 0.05) is 28.3 Å². The smallest absolute Gasteiger partial charge is 0.330 e. The van der Waals surface area contributed by atoms with Crippen LogP contribution in [0.15, 0.2) is 41.3 Å². The van der Waals surface area contributed by atoms with E-state index >= 15 is 0 Å². The van der Waals surface area contributed by atoms with Crippen LogP contribution in [0.4, 0.5) is 5.69 Å². The molecule has 4 nitrogen and oxygen atoms in total.